The van der Waals surface area contributed by atoms with Gasteiger partial charge in [0, 0.05) is 10.6 Å². The summed E-state index contributed by atoms with van der Waals surface area (Å²) in [5.41, 5.74) is 2.08. The van der Waals surface area contributed by atoms with Crippen molar-refractivity contribution >= 4 is 44.7 Å². The maximum Gasteiger partial charge on any atom is 0.142 e. The van der Waals surface area contributed by atoms with Crippen LogP contribution in [0.2, 0.25) is 5.02 Å². The first-order valence-electron chi connectivity index (χ1n) is 7.59. The van der Waals surface area contributed by atoms with Gasteiger partial charge in [-0.1, -0.05) is 18.5 Å². The Balaban J connectivity index is 0.00000169. The monoisotopic (exact) mass is 382 g/mol. The molecule has 0 fully saturated rings. The van der Waals surface area contributed by atoms with E-state index in [2.05, 4.69) is 22.2 Å². The molecule has 0 spiro atoms. The first kappa shape index (κ1) is 17.4. The molecule has 3 aromatic rings. The second-order valence-electron chi connectivity index (χ2n) is 6.01. The molecule has 2 aromatic heterocycles. The molecule has 1 aliphatic carbocycles. The number of hydrogen-bond donors (Lipinski definition) is 1. The van der Waals surface area contributed by atoms with Crippen LogP contribution in [0.4, 0.5) is 15.9 Å². The number of aryl methyl sites for hydroxylation is 1. The molecule has 4 rings (SSSR count). The van der Waals surface area contributed by atoms with Gasteiger partial charge in [-0.15, -0.1) is 11.3 Å². The van der Waals surface area contributed by atoms with Gasteiger partial charge in [-0.3, -0.25) is 0 Å². The highest BCUT2D eigenvalue weighted by atomic mass is 35.5. The average Bonchev–Trinajstić information content (AvgIpc) is 2.89. The van der Waals surface area contributed by atoms with Gasteiger partial charge in [-0.25, -0.2) is 14.4 Å². The van der Waals surface area contributed by atoms with Crippen LogP contribution in [0.15, 0.2) is 24.5 Å². The average molecular weight is 383 g/mol. The standard InChI is InChI=1S/C17H15ClFN3S.ClH/c1-9-2-4-11-14(6-9)23-17-15(11)16(20-8-21-17)22-10-3-5-13(19)12(18)7-10;/h3,5,7-9H,2,4,6H2,1H3,(H,20,21,22);1H/p-1. The Labute approximate surface area is 154 Å². The number of thiophene rings is 1. The first-order valence-corrected chi connectivity index (χ1v) is 8.78. The van der Waals surface area contributed by atoms with Crippen LogP contribution in [0.5, 0.6) is 0 Å². The lowest BCUT2D eigenvalue weighted by molar-refractivity contribution is -0.00000520. The second kappa shape index (κ2) is 6.82. The van der Waals surface area contributed by atoms with Crippen LogP contribution in [0.3, 0.4) is 0 Å². The van der Waals surface area contributed by atoms with Gasteiger partial charge in [-0.2, -0.15) is 0 Å². The number of hydrogen-bond acceptors (Lipinski definition) is 4. The molecule has 1 aliphatic rings. The summed E-state index contributed by atoms with van der Waals surface area (Å²) in [6, 6.07) is 4.59. The predicted octanol–water partition coefficient (Wildman–Crippen LogP) is 2.36. The number of fused-ring (bicyclic) bond motifs is 3. The molecule has 24 heavy (non-hydrogen) atoms. The molecule has 1 aromatic carbocycles. The molecule has 1 N–H and O–H groups in total. The van der Waals surface area contributed by atoms with Crippen molar-refractivity contribution in [3.05, 3.63) is 45.8 Å². The van der Waals surface area contributed by atoms with E-state index in [1.54, 1.807) is 29.8 Å². The van der Waals surface area contributed by atoms with Gasteiger partial charge in [0.2, 0.25) is 0 Å². The highest BCUT2D eigenvalue weighted by Crippen LogP contribution is 2.40. The van der Waals surface area contributed by atoms with Crippen LogP contribution in [0.25, 0.3) is 10.2 Å². The van der Waals surface area contributed by atoms with Crippen molar-refractivity contribution in [2.24, 2.45) is 5.92 Å². The van der Waals surface area contributed by atoms with Gasteiger partial charge in [0.15, 0.2) is 0 Å². The number of aromatic nitrogens is 2. The molecule has 0 saturated heterocycles. The Kier molecular flexibility index (Phi) is 4.95. The molecule has 2 heterocycles. The van der Waals surface area contributed by atoms with E-state index in [9.17, 15) is 4.39 Å². The molecule has 0 amide bonds. The first-order chi connectivity index (χ1) is 11.1. The number of anilines is 2. The van der Waals surface area contributed by atoms with E-state index >= 15 is 0 Å². The summed E-state index contributed by atoms with van der Waals surface area (Å²) in [6.07, 6.45) is 4.93. The summed E-state index contributed by atoms with van der Waals surface area (Å²) in [5.74, 6) is 1.06. The second-order valence-corrected chi connectivity index (χ2v) is 7.50. The fourth-order valence-electron chi connectivity index (χ4n) is 3.08. The normalized spacial score (nSPS) is 16.5. The molecule has 1 unspecified atom stereocenters. The summed E-state index contributed by atoms with van der Waals surface area (Å²) in [6.45, 7) is 2.29. The van der Waals surface area contributed by atoms with Crippen LogP contribution < -0.4 is 17.7 Å². The van der Waals surface area contributed by atoms with E-state index in [0.29, 0.717) is 0 Å². The quantitative estimate of drug-likeness (QED) is 0.739. The Morgan fingerprint density at radius 3 is 2.96 bits per heavy atom. The van der Waals surface area contributed by atoms with Gasteiger partial charge in [-0.05, 0) is 48.9 Å². The number of benzene rings is 1. The summed E-state index contributed by atoms with van der Waals surface area (Å²) in [7, 11) is 0. The molecular formula is C17H15Cl2FN3S-. The lowest BCUT2D eigenvalue weighted by Gasteiger charge is -2.18. The van der Waals surface area contributed by atoms with Crippen molar-refractivity contribution in [1.29, 1.82) is 0 Å². The van der Waals surface area contributed by atoms with E-state index in [4.69, 9.17) is 11.6 Å². The van der Waals surface area contributed by atoms with Crippen LogP contribution >= 0.6 is 22.9 Å². The van der Waals surface area contributed by atoms with Gasteiger partial charge in [0.05, 0.1) is 10.4 Å². The summed E-state index contributed by atoms with van der Waals surface area (Å²) in [5, 5.41) is 4.46. The highest BCUT2D eigenvalue weighted by molar-refractivity contribution is 7.19. The van der Waals surface area contributed by atoms with Crippen LogP contribution in [0.1, 0.15) is 23.8 Å². The zero-order valence-corrected chi connectivity index (χ0v) is 15.3. The number of rotatable bonds is 2. The zero-order valence-electron chi connectivity index (χ0n) is 12.9. The molecule has 7 heteroatoms. The van der Waals surface area contributed by atoms with E-state index in [1.807, 2.05) is 0 Å². The molecule has 0 aliphatic heterocycles. The van der Waals surface area contributed by atoms with E-state index in [0.717, 1.165) is 40.5 Å². The molecule has 126 valence electrons. The summed E-state index contributed by atoms with van der Waals surface area (Å²) >= 11 is 7.62. The molecular weight excluding hydrogens is 368 g/mol. The van der Waals surface area contributed by atoms with E-state index in [1.165, 1.54) is 22.9 Å². The third kappa shape index (κ3) is 3.08. The zero-order chi connectivity index (χ0) is 16.0. The topological polar surface area (TPSA) is 37.8 Å². The van der Waals surface area contributed by atoms with Crippen molar-refractivity contribution in [3.8, 4) is 0 Å². The minimum atomic E-state index is -0.424. The maximum absolute atomic E-state index is 13.3. The van der Waals surface area contributed by atoms with Gasteiger partial charge in [0.25, 0.3) is 0 Å². The van der Waals surface area contributed by atoms with E-state index in [-0.39, 0.29) is 17.4 Å². The molecule has 1 atom stereocenters. The third-order valence-corrected chi connectivity index (χ3v) is 5.73. The Hall–Kier alpha value is -1.43. The lowest BCUT2D eigenvalue weighted by atomic mass is 9.89. The minimum absolute atomic E-state index is 0. The van der Waals surface area contributed by atoms with Crippen LogP contribution in [-0.4, -0.2) is 9.97 Å². The van der Waals surface area contributed by atoms with Gasteiger partial charge in [0.1, 0.15) is 22.8 Å². The molecule has 0 bridgehead atoms. The fraction of sp³-hybridized carbons (Fsp3) is 0.294. The third-order valence-electron chi connectivity index (χ3n) is 4.27. The molecule has 0 radical (unpaired) electrons. The Morgan fingerprint density at radius 2 is 2.17 bits per heavy atom. The van der Waals surface area contributed by atoms with Crippen molar-refractivity contribution in [1.82, 2.24) is 9.97 Å². The summed E-state index contributed by atoms with van der Waals surface area (Å²) < 4.78 is 13.3. The van der Waals surface area contributed by atoms with E-state index < -0.39 is 5.82 Å². The smallest absolute Gasteiger partial charge is 0.142 e. The van der Waals surface area contributed by atoms with Gasteiger partial charge >= 0.3 is 0 Å². The minimum Gasteiger partial charge on any atom is -1.00 e. The SMILES string of the molecule is CC1CCc2c(sc3ncnc(Nc4ccc(F)c(Cl)c4)c23)C1.[Cl-]. The number of halogens is 3. The van der Waals surface area contributed by atoms with Crippen molar-refractivity contribution in [3.63, 3.8) is 0 Å². The fourth-order valence-corrected chi connectivity index (χ4v) is 4.61. The van der Waals surface area contributed by atoms with Crippen LogP contribution in [-0.2, 0) is 12.8 Å². The molecule has 3 nitrogen and oxygen atoms in total. The number of nitrogens with zero attached hydrogens (tertiary/aromatic N) is 2. The van der Waals surface area contributed by atoms with Crippen molar-refractivity contribution in [2.45, 2.75) is 26.2 Å². The highest BCUT2D eigenvalue weighted by Gasteiger charge is 2.23. The van der Waals surface area contributed by atoms with Gasteiger partial charge < -0.3 is 17.7 Å². The Bertz CT molecular complexity index is 897. The maximum atomic E-state index is 13.3. The van der Waals surface area contributed by atoms with Crippen molar-refractivity contribution in [2.75, 3.05) is 5.32 Å². The summed E-state index contributed by atoms with van der Waals surface area (Å²) in [4.78, 5) is 11.3. The van der Waals surface area contributed by atoms with Crippen LogP contribution in [0, 0.1) is 11.7 Å². The largest absolute Gasteiger partial charge is 1.00 e. The molecule has 0 saturated carbocycles. The predicted molar refractivity (Wildman–Crippen MR) is 93.3 cm³/mol. The van der Waals surface area contributed by atoms with Crippen molar-refractivity contribution < 1.29 is 16.8 Å². The lowest BCUT2D eigenvalue weighted by Crippen LogP contribution is -3.00. The number of nitrogens with one attached hydrogen (secondary N) is 1. The Morgan fingerprint density at radius 1 is 1.33 bits per heavy atom.